The Morgan fingerprint density at radius 1 is 1.04 bits per heavy atom. The Morgan fingerprint density at radius 2 is 1.64 bits per heavy atom. The number of hydrogen-bond acceptors (Lipinski definition) is 9. The van der Waals surface area contributed by atoms with Crippen molar-refractivity contribution in [1.29, 1.82) is 0 Å². The molecule has 3 aliphatic heterocycles. The van der Waals surface area contributed by atoms with Gasteiger partial charge in [0.15, 0.2) is 0 Å². The summed E-state index contributed by atoms with van der Waals surface area (Å²) in [6, 6.07) is 10.6. The van der Waals surface area contributed by atoms with E-state index < -0.39 is 27.7 Å². The predicted molar refractivity (Wildman–Crippen MR) is 190 cm³/mol. The molecule has 3 saturated heterocycles. The number of aliphatic carboxylic acids is 1. The van der Waals surface area contributed by atoms with Crippen LogP contribution in [0.3, 0.4) is 0 Å². The zero-order chi connectivity index (χ0) is 38.8. The van der Waals surface area contributed by atoms with E-state index in [1.807, 2.05) is 43.0 Å². The number of pyridine rings is 1. The molecule has 0 bridgehead atoms. The fourth-order valence-electron chi connectivity index (χ4n) is 6.96. The number of likely N-dealkylation sites (N-methyl/N-ethyl adjacent to an activating group) is 1. The van der Waals surface area contributed by atoms with Gasteiger partial charge in [0, 0.05) is 48.0 Å². The predicted octanol–water partition coefficient (Wildman–Crippen LogP) is 3.47. The summed E-state index contributed by atoms with van der Waals surface area (Å²) >= 11 is 13.3. The number of piperazine rings is 2. The van der Waals surface area contributed by atoms with E-state index in [1.165, 1.54) is 12.1 Å². The van der Waals surface area contributed by atoms with Crippen molar-refractivity contribution in [2.24, 2.45) is 0 Å². The van der Waals surface area contributed by atoms with Crippen LogP contribution in [0.25, 0.3) is 10.9 Å². The highest BCUT2D eigenvalue weighted by Crippen LogP contribution is 2.36. The number of ether oxygens (including phenoxy) is 2. The molecule has 1 N–H and O–H groups in total. The molecule has 3 aliphatic rings. The summed E-state index contributed by atoms with van der Waals surface area (Å²) in [5.41, 5.74) is 1.64. The number of aryl methyl sites for hydroxylation is 2. The number of benzene rings is 2. The largest absolute Gasteiger partial charge is 0.542 e. The third-order valence-electron chi connectivity index (χ3n) is 10.2. The number of carbonyl (C=O) groups excluding carboxylic acids is 2. The van der Waals surface area contributed by atoms with Crippen molar-refractivity contribution >= 4 is 56.0 Å². The van der Waals surface area contributed by atoms with Crippen LogP contribution in [0.1, 0.15) is 29.7 Å². The van der Waals surface area contributed by atoms with Crippen LogP contribution in [0.5, 0.6) is 5.75 Å². The Morgan fingerprint density at radius 3 is 2.25 bits per heavy atom. The van der Waals surface area contributed by atoms with Gasteiger partial charge in [0.05, 0.1) is 44.3 Å². The molecule has 3 fully saturated rings. The van der Waals surface area contributed by atoms with Gasteiger partial charge in [-0.2, -0.15) is 17.9 Å². The van der Waals surface area contributed by atoms with Gasteiger partial charge < -0.3 is 28.8 Å². The number of nitrogens with zero attached hydrogens (tertiary/aromatic N) is 4. The van der Waals surface area contributed by atoms with Crippen molar-refractivity contribution in [2.45, 2.75) is 49.9 Å². The molecule has 1 aromatic heterocycles. The summed E-state index contributed by atoms with van der Waals surface area (Å²) < 4.78 is 75.2. The average molecular weight is 805 g/mol. The average Bonchev–Trinajstić information content (AvgIpc) is 3.09. The van der Waals surface area contributed by atoms with E-state index in [9.17, 15) is 26.4 Å². The minimum Gasteiger partial charge on any atom is -0.542 e. The second kappa shape index (κ2) is 16.2. The van der Waals surface area contributed by atoms with Gasteiger partial charge in [-0.25, -0.2) is 13.4 Å². The minimum absolute atomic E-state index is 0.0466. The summed E-state index contributed by atoms with van der Waals surface area (Å²) in [4.78, 5) is 31.6. The molecule has 0 radical (unpaired) electrons. The number of rotatable bonds is 7. The van der Waals surface area contributed by atoms with Crippen molar-refractivity contribution < 1.29 is 50.2 Å². The lowest BCUT2D eigenvalue weighted by Gasteiger charge is -2.50. The van der Waals surface area contributed by atoms with Crippen molar-refractivity contribution in [3.05, 3.63) is 63.3 Å². The molecule has 290 valence electrons. The lowest BCUT2D eigenvalue weighted by molar-refractivity contribution is -0.935. The second-order valence-electron chi connectivity index (χ2n) is 13.8. The first-order valence-corrected chi connectivity index (χ1v) is 19.3. The zero-order valence-corrected chi connectivity index (χ0v) is 31.9. The molecule has 3 aromatic rings. The van der Waals surface area contributed by atoms with Gasteiger partial charge in [-0.3, -0.25) is 9.69 Å². The Labute approximate surface area is 316 Å². The van der Waals surface area contributed by atoms with Crippen molar-refractivity contribution in [2.75, 3.05) is 72.6 Å². The van der Waals surface area contributed by atoms with E-state index in [0.29, 0.717) is 29.9 Å². The van der Waals surface area contributed by atoms with Crippen LogP contribution in [-0.4, -0.2) is 124 Å². The van der Waals surface area contributed by atoms with Gasteiger partial charge in [0.25, 0.3) is 0 Å². The molecule has 1 amide bonds. The molecule has 2 aromatic carbocycles. The van der Waals surface area contributed by atoms with Crippen LogP contribution in [0, 0.1) is 13.8 Å². The number of nitrogens with one attached hydrogen (secondary N) is 1. The van der Waals surface area contributed by atoms with Gasteiger partial charge in [0.1, 0.15) is 34.3 Å². The van der Waals surface area contributed by atoms with Crippen molar-refractivity contribution in [3.8, 4) is 5.75 Å². The molecule has 18 heteroatoms. The molecule has 0 saturated carbocycles. The van der Waals surface area contributed by atoms with Gasteiger partial charge in [-0.1, -0.05) is 35.3 Å². The smallest absolute Gasteiger partial charge is 0.430 e. The Hall–Kier alpha value is -3.25. The highest BCUT2D eigenvalue weighted by molar-refractivity contribution is 7.89. The van der Waals surface area contributed by atoms with Crippen molar-refractivity contribution in [1.82, 2.24) is 19.5 Å². The summed E-state index contributed by atoms with van der Waals surface area (Å²) in [7, 11) is -2.11. The Bertz CT molecular complexity index is 1940. The maximum absolute atomic E-state index is 14.2. The third-order valence-corrected chi connectivity index (χ3v) is 12.6. The number of para-hydroxylation sites is 1. The molecule has 12 nitrogen and oxygen atoms in total. The normalized spacial score (nSPS) is 19.1. The standard InChI is InChI=1S/C33H42Cl2N5O5S.C2HF3O2/c1-23-21-24(2)36-31-25(23)5-4-6-28(31)45-22-26-27(34)7-8-29(30(26)35)46(42,43)37-33(9-19-44-20-10-33)32(41)39-13-17-40(18-14-39)15-11-38(3)12-16-40;3-2(4,5)1(6)7/h4-8,21,37H,9-20,22H2,1-3H3;(H,6,7)/q+1;/p-1. The summed E-state index contributed by atoms with van der Waals surface area (Å²) in [6.45, 7) is 11.6. The maximum atomic E-state index is 14.2. The number of quaternary nitrogens is 1. The van der Waals surface area contributed by atoms with Crippen LogP contribution >= 0.6 is 23.2 Å². The molecule has 6 rings (SSSR count). The van der Waals surface area contributed by atoms with Crippen LogP contribution in [0.4, 0.5) is 13.2 Å². The first kappa shape index (κ1) is 40.9. The lowest BCUT2D eigenvalue weighted by atomic mass is 9.89. The fraction of sp³-hybridized carbons (Fsp3) is 0.514. The number of carboxylic acids is 1. The van der Waals surface area contributed by atoms with E-state index in [2.05, 4.69) is 21.7 Å². The molecule has 0 atom stereocenters. The van der Waals surface area contributed by atoms with Crippen LogP contribution in [0.2, 0.25) is 10.0 Å². The highest BCUT2D eigenvalue weighted by atomic mass is 35.5. The first-order chi connectivity index (χ1) is 24.9. The SMILES string of the molecule is Cc1cc(C)c2cccc(OCc3c(Cl)ccc(S(=O)(=O)NC4(C(=O)N5CC[N+]6(CCN(C)CC6)CC5)CCOCC4)c3Cl)c2n1.O=C([O-])C(F)(F)F. The monoisotopic (exact) mass is 803 g/mol. The molecule has 1 spiro atoms. The fourth-order valence-corrected chi connectivity index (χ4v) is 9.27. The maximum Gasteiger partial charge on any atom is 0.430 e. The zero-order valence-electron chi connectivity index (χ0n) is 29.6. The molecule has 53 heavy (non-hydrogen) atoms. The highest BCUT2D eigenvalue weighted by Gasteiger charge is 2.48. The van der Waals surface area contributed by atoms with Gasteiger partial charge >= 0.3 is 6.18 Å². The summed E-state index contributed by atoms with van der Waals surface area (Å²) in [5, 5.41) is 9.97. The van der Waals surface area contributed by atoms with Crippen LogP contribution in [0.15, 0.2) is 41.3 Å². The number of amides is 1. The lowest BCUT2D eigenvalue weighted by Crippen LogP contribution is -2.69. The summed E-state index contributed by atoms with van der Waals surface area (Å²) in [5.74, 6) is -2.67. The second-order valence-corrected chi connectivity index (χ2v) is 16.2. The van der Waals surface area contributed by atoms with E-state index in [0.717, 1.165) is 60.4 Å². The number of hydrogen-bond donors (Lipinski definition) is 1. The molecule has 0 unspecified atom stereocenters. The molecular weight excluding hydrogens is 762 g/mol. The van der Waals surface area contributed by atoms with E-state index in [4.69, 9.17) is 42.6 Å². The van der Waals surface area contributed by atoms with Crippen molar-refractivity contribution in [3.63, 3.8) is 0 Å². The molecule has 0 aliphatic carbocycles. The number of carboxylic acid groups (broad SMARTS) is 1. The quantitative estimate of drug-likeness (QED) is 0.356. The van der Waals surface area contributed by atoms with Crippen LogP contribution in [-0.2, 0) is 31.0 Å². The number of fused-ring (bicyclic) bond motifs is 1. The molecular formula is C35H42Cl2F3N5O7S. The van der Waals surface area contributed by atoms with Crippen LogP contribution < -0.4 is 14.6 Å². The topological polar surface area (TPSA) is 141 Å². The number of alkyl halides is 3. The third kappa shape index (κ3) is 9.35. The van der Waals surface area contributed by atoms with E-state index in [1.54, 1.807) is 0 Å². The van der Waals surface area contributed by atoms with Gasteiger partial charge in [-0.15, -0.1) is 0 Å². The Balaban J connectivity index is 0.000000705. The van der Waals surface area contributed by atoms with Gasteiger partial charge in [0.2, 0.25) is 15.9 Å². The van der Waals surface area contributed by atoms with E-state index in [-0.39, 0.29) is 53.5 Å². The summed E-state index contributed by atoms with van der Waals surface area (Å²) in [6.07, 6.45) is -4.72. The Kier molecular flexibility index (Phi) is 12.5. The number of halogens is 5. The number of carbonyl (C=O) groups is 2. The minimum atomic E-state index is -5.19. The van der Waals surface area contributed by atoms with E-state index >= 15 is 0 Å². The first-order valence-electron chi connectivity index (χ1n) is 17.1. The van der Waals surface area contributed by atoms with Gasteiger partial charge in [-0.05, 0) is 63.6 Å². The molecule has 4 heterocycles. The number of sulfonamides is 1. The number of aromatic nitrogens is 1.